The molecule has 1 aliphatic rings. The quantitative estimate of drug-likeness (QED) is 0.827. The van der Waals surface area contributed by atoms with Gasteiger partial charge in [-0.2, -0.15) is 0 Å². The van der Waals surface area contributed by atoms with Gasteiger partial charge >= 0.3 is 0 Å². The second-order valence-electron chi connectivity index (χ2n) is 5.71. The van der Waals surface area contributed by atoms with Crippen molar-refractivity contribution >= 4 is 18.3 Å². The van der Waals surface area contributed by atoms with Crippen molar-refractivity contribution in [3.63, 3.8) is 0 Å². The van der Waals surface area contributed by atoms with Gasteiger partial charge < -0.3 is 20.1 Å². The van der Waals surface area contributed by atoms with Gasteiger partial charge in [0.1, 0.15) is 11.6 Å². The lowest BCUT2D eigenvalue weighted by molar-refractivity contribution is 0.0511. The van der Waals surface area contributed by atoms with Gasteiger partial charge in [-0.3, -0.25) is 4.79 Å². The van der Waals surface area contributed by atoms with Crippen LogP contribution in [-0.2, 0) is 4.74 Å². The number of halogens is 2. The predicted molar refractivity (Wildman–Crippen MR) is 88.9 cm³/mol. The minimum atomic E-state index is -0.459. The maximum absolute atomic E-state index is 13.4. The molecule has 1 saturated heterocycles. The summed E-state index contributed by atoms with van der Waals surface area (Å²) in [5.74, 6) is -0.421. The van der Waals surface area contributed by atoms with Crippen LogP contribution in [0.4, 0.5) is 4.39 Å². The molecule has 0 aromatic heterocycles. The molecule has 0 spiro atoms. The zero-order valence-corrected chi connectivity index (χ0v) is 14.3. The molecular formula is C16H24ClFN2O3. The lowest BCUT2D eigenvalue weighted by Crippen LogP contribution is -2.47. The topological polar surface area (TPSA) is 59.6 Å². The smallest absolute Gasteiger partial charge is 0.255 e. The molecule has 0 unspecified atom stereocenters. The van der Waals surface area contributed by atoms with Gasteiger partial charge in [0.2, 0.25) is 0 Å². The van der Waals surface area contributed by atoms with Gasteiger partial charge in [0.05, 0.1) is 19.3 Å². The van der Waals surface area contributed by atoms with Crippen molar-refractivity contribution in [2.75, 3.05) is 40.5 Å². The van der Waals surface area contributed by atoms with Crippen LogP contribution in [0.25, 0.3) is 0 Å². The molecule has 5 nitrogen and oxygen atoms in total. The van der Waals surface area contributed by atoms with Crippen molar-refractivity contribution in [3.05, 3.63) is 29.6 Å². The molecular weight excluding hydrogens is 323 g/mol. The highest BCUT2D eigenvalue weighted by Crippen LogP contribution is 2.28. The number of carbonyl (C=O) groups excluding carboxylic acids is 1. The number of amides is 1. The van der Waals surface area contributed by atoms with E-state index in [9.17, 15) is 9.18 Å². The maximum Gasteiger partial charge on any atom is 0.255 e. The number of hydrogen-bond donors (Lipinski definition) is 2. The first-order valence-electron chi connectivity index (χ1n) is 7.42. The summed E-state index contributed by atoms with van der Waals surface area (Å²) in [6.45, 7) is 2.90. The zero-order chi connectivity index (χ0) is 16.0. The van der Waals surface area contributed by atoms with Crippen molar-refractivity contribution in [3.8, 4) is 5.75 Å². The van der Waals surface area contributed by atoms with Gasteiger partial charge in [-0.15, -0.1) is 12.4 Å². The Hall–Kier alpha value is -1.37. The Morgan fingerprint density at radius 2 is 2.04 bits per heavy atom. The number of hydrogen-bond acceptors (Lipinski definition) is 4. The Morgan fingerprint density at radius 3 is 2.65 bits per heavy atom. The minimum absolute atomic E-state index is 0. The normalized spacial score (nSPS) is 16.3. The Balaban J connectivity index is 0.00000264. The molecule has 1 fully saturated rings. The average molecular weight is 347 g/mol. The minimum Gasteiger partial charge on any atom is -0.496 e. The fraction of sp³-hybridized carbons (Fsp3) is 0.562. The van der Waals surface area contributed by atoms with E-state index in [2.05, 4.69) is 10.6 Å². The third kappa shape index (κ3) is 5.06. The zero-order valence-electron chi connectivity index (χ0n) is 13.5. The molecule has 1 aromatic rings. The molecule has 1 aromatic carbocycles. The summed E-state index contributed by atoms with van der Waals surface area (Å²) in [6.07, 6.45) is 1.86. The van der Waals surface area contributed by atoms with Gasteiger partial charge in [-0.1, -0.05) is 0 Å². The number of methoxy groups -OCH3 is 2. The van der Waals surface area contributed by atoms with Gasteiger partial charge in [-0.05, 0) is 44.1 Å². The van der Waals surface area contributed by atoms with E-state index in [1.807, 2.05) is 0 Å². The predicted octanol–water partition coefficient (Wildman–Crippen LogP) is 2.00. The van der Waals surface area contributed by atoms with Crippen LogP contribution >= 0.6 is 12.4 Å². The van der Waals surface area contributed by atoms with Gasteiger partial charge in [0.25, 0.3) is 5.91 Å². The Kier molecular flexibility index (Phi) is 7.75. The fourth-order valence-corrected chi connectivity index (χ4v) is 2.86. The van der Waals surface area contributed by atoms with E-state index >= 15 is 0 Å². The third-order valence-corrected chi connectivity index (χ3v) is 4.14. The summed E-state index contributed by atoms with van der Waals surface area (Å²) < 4.78 is 23.8. The summed E-state index contributed by atoms with van der Waals surface area (Å²) in [7, 11) is 3.13. The summed E-state index contributed by atoms with van der Waals surface area (Å²) in [5, 5.41) is 6.21. The summed E-state index contributed by atoms with van der Waals surface area (Å²) in [6, 6.07) is 3.92. The van der Waals surface area contributed by atoms with Crippen molar-refractivity contribution in [2.24, 2.45) is 5.41 Å². The van der Waals surface area contributed by atoms with Crippen molar-refractivity contribution in [1.82, 2.24) is 10.6 Å². The van der Waals surface area contributed by atoms with Crippen LogP contribution in [0.5, 0.6) is 5.75 Å². The molecule has 0 atom stereocenters. The van der Waals surface area contributed by atoms with Crippen LogP contribution in [0, 0.1) is 11.2 Å². The first kappa shape index (κ1) is 19.7. The fourth-order valence-electron chi connectivity index (χ4n) is 2.86. The van der Waals surface area contributed by atoms with Gasteiger partial charge in [-0.25, -0.2) is 4.39 Å². The lowest BCUT2D eigenvalue weighted by Gasteiger charge is -2.37. The van der Waals surface area contributed by atoms with Crippen LogP contribution in [0.1, 0.15) is 23.2 Å². The summed E-state index contributed by atoms with van der Waals surface area (Å²) >= 11 is 0. The Labute approximate surface area is 142 Å². The first-order chi connectivity index (χ1) is 10.6. The van der Waals surface area contributed by atoms with E-state index in [1.165, 1.54) is 25.3 Å². The molecule has 2 N–H and O–H groups in total. The number of piperidine rings is 1. The molecule has 2 rings (SSSR count). The third-order valence-electron chi connectivity index (χ3n) is 4.14. The number of ether oxygens (including phenoxy) is 2. The van der Waals surface area contributed by atoms with Gasteiger partial charge in [0, 0.05) is 19.1 Å². The molecule has 1 aliphatic heterocycles. The maximum atomic E-state index is 13.4. The number of nitrogens with one attached hydrogen (secondary N) is 2. The second kappa shape index (κ2) is 9.05. The highest BCUT2D eigenvalue weighted by molar-refractivity contribution is 5.96. The van der Waals surface area contributed by atoms with E-state index in [0.29, 0.717) is 18.9 Å². The molecule has 1 heterocycles. The number of rotatable bonds is 6. The van der Waals surface area contributed by atoms with E-state index < -0.39 is 5.82 Å². The molecule has 0 saturated carbocycles. The van der Waals surface area contributed by atoms with Crippen LogP contribution in [-0.4, -0.2) is 46.4 Å². The monoisotopic (exact) mass is 346 g/mol. The number of carbonyl (C=O) groups is 1. The SMILES string of the molecule is COCC1(CNC(=O)c2cc(F)ccc2OC)CCNCC1.Cl. The van der Waals surface area contributed by atoms with E-state index in [4.69, 9.17) is 9.47 Å². The van der Waals surface area contributed by atoms with Crippen molar-refractivity contribution in [2.45, 2.75) is 12.8 Å². The van der Waals surface area contributed by atoms with Crippen LogP contribution in [0.3, 0.4) is 0 Å². The summed E-state index contributed by atoms with van der Waals surface area (Å²) in [5.41, 5.74) is 0.139. The first-order valence-corrected chi connectivity index (χ1v) is 7.42. The van der Waals surface area contributed by atoms with E-state index in [0.717, 1.165) is 25.9 Å². The molecule has 0 radical (unpaired) electrons. The molecule has 0 bridgehead atoms. The lowest BCUT2D eigenvalue weighted by atomic mass is 9.79. The van der Waals surface area contributed by atoms with E-state index in [1.54, 1.807) is 7.11 Å². The van der Waals surface area contributed by atoms with Crippen LogP contribution in [0.15, 0.2) is 18.2 Å². The highest BCUT2D eigenvalue weighted by Gasteiger charge is 2.32. The van der Waals surface area contributed by atoms with Crippen molar-refractivity contribution < 1.29 is 18.7 Å². The molecule has 0 aliphatic carbocycles. The largest absolute Gasteiger partial charge is 0.496 e. The molecule has 1 amide bonds. The van der Waals surface area contributed by atoms with Crippen molar-refractivity contribution in [1.29, 1.82) is 0 Å². The molecule has 7 heteroatoms. The Morgan fingerprint density at radius 1 is 1.35 bits per heavy atom. The standard InChI is InChI=1S/C16H23FN2O3.ClH/c1-21-11-16(5-7-18-8-6-16)10-19-15(20)13-9-12(17)3-4-14(13)22-2;/h3-4,9,18H,5-8,10-11H2,1-2H3,(H,19,20);1H. The highest BCUT2D eigenvalue weighted by atomic mass is 35.5. The van der Waals surface area contributed by atoms with Crippen LogP contribution in [0.2, 0.25) is 0 Å². The van der Waals surface area contributed by atoms with E-state index in [-0.39, 0.29) is 29.3 Å². The molecule has 130 valence electrons. The number of benzene rings is 1. The van der Waals surface area contributed by atoms with Gasteiger partial charge in [0.15, 0.2) is 0 Å². The summed E-state index contributed by atoms with van der Waals surface area (Å²) in [4.78, 5) is 12.4. The Bertz CT molecular complexity index is 517. The average Bonchev–Trinajstić information content (AvgIpc) is 2.54. The molecule has 23 heavy (non-hydrogen) atoms. The second-order valence-corrected chi connectivity index (χ2v) is 5.71. The van der Waals surface area contributed by atoms with Crippen LogP contribution < -0.4 is 15.4 Å².